The second kappa shape index (κ2) is 4.57. The monoisotopic (exact) mass is 198 g/mol. The lowest BCUT2D eigenvalue weighted by Gasteiger charge is -2.33. The Kier molecular flexibility index (Phi) is 3.38. The smallest absolute Gasteiger partial charge is 0.0505 e. The highest BCUT2D eigenvalue weighted by atomic mass is 15.4. The topological polar surface area (TPSA) is 21.8 Å². The number of hydrogen-bond acceptors (Lipinski definition) is 4. The number of rotatable bonds is 2. The number of likely N-dealkylation sites (N-methyl/N-ethyl adjacent to an activating group) is 2. The molecule has 1 atom stereocenters. The van der Waals surface area contributed by atoms with E-state index in [1.807, 2.05) is 0 Å². The minimum atomic E-state index is 0.667. The molecule has 1 unspecified atom stereocenters. The maximum absolute atomic E-state index is 3.59. The van der Waals surface area contributed by atoms with E-state index in [1.165, 1.54) is 32.7 Å². The van der Waals surface area contributed by atoms with Crippen LogP contribution < -0.4 is 5.32 Å². The molecule has 2 heterocycles. The number of piperazine rings is 1. The Labute approximate surface area is 86.8 Å². The van der Waals surface area contributed by atoms with E-state index in [1.54, 1.807) is 0 Å². The fourth-order valence-corrected chi connectivity index (χ4v) is 2.37. The van der Waals surface area contributed by atoms with Crippen molar-refractivity contribution in [3.8, 4) is 0 Å². The highest BCUT2D eigenvalue weighted by molar-refractivity contribution is 4.81. The Hall–Kier alpha value is -0.160. The standard InChI is InChI=1S/C10H22N4/c1-12-4-3-11-10(7-12)8-14-6-5-13(2)9-14/h10-11H,3-9H2,1-2H3. The third-order valence-electron chi connectivity index (χ3n) is 3.18. The van der Waals surface area contributed by atoms with E-state index in [0.717, 1.165) is 13.2 Å². The number of hydrogen-bond donors (Lipinski definition) is 1. The lowest BCUT2D eigenvalue weighted by molar-refractivity contribution is 0.183. The summed E-state index contributed by atoms with van der Waals surface area (Å²) in [4.78, 5) is 7.34. The average molecular weight is 198 g/mol. The maximum atomic E-state index is 3.59. The fraction of sp³-hybridized carbons (Fsp3) is 1.00. The second-order valence-electron chi connectivity index (χ2n) is 4.71. The first-order chi connectivity index (χ1) is 6.74. The molecule has 82 valence electrons. The summed E-state index contributed by atoms with van der Waals surface area (Å²) >= 11 is 0. The van der Waals surface area contributed by atoms with Gasteiger partial charge in [-0.15, -0.1) is 0 Å². The number of nitrogens with one attached hydrogen (secondary N) is 1. The summed E-state index contributed by atoms with van der Waals surface area (Å²) in [5.41, 5.74) is 0. The molecule has 0 bridgehead atoms. The molecule has 0 aromatic carbocycles. The molecule has 2 saturated heterocycles. The quantitative estimate of drug-likeness (QED) is 0.620. The van der Waals surface area contributed by atoms with E-state index in [-0.39, 0.29) is 0 Å². The van der Waals surface area contributed by atoms with Crippen LogP contribution in [-0.2, 0) is 0 Å². The first-order valence-corrected chi connectivity index (χ1v) is 5.57. The molecule has 2 rings (SSSR count). The molecule has 2 aliphatic rings. The van der Waals surface area contributed by atoms with Crippen LogP contribution in [0.15, 0.2) is 0 Å². The Morgan fingerprint density at radius 2 is 2.00 bits per heavy atom. The van der Waals surface area contributed by atoms with Crippen molar-refractivity contribution in [2.45, 2.75) is 6.04 Å². The zero-order valence-electron chi connectivity index (χ0n) is 9.37. The molecule has 2 fully saturated rings. The van der Waals surface area contributed by atoms with Gasteiger partial charge in [-0.1, -0.05) is 0 Å². The van der Waals surface area contributed by atoms with E-state index in [4.69, 9.17) is 0 Å². The largest absolute Gasteiger partial charge is 0.310 e. The molecule has 4 nitrogen and oxygen atoms in total. The Bertz CT molecular complexity index is 185. The van der Waals surface area contributed by atoms with E-state index in [9.17, 15) is 0 Å². The van der Waals surface area contributed by atoms with Crippen LogP contribution in [0.25, 0.3) is 0 Å². The van der Waals surface area contributed by atoms with Crippen LogP contribution >= 0.6 is 0 Å². The fourth-order valence-electron chi connectivity index (χ4n) is 2.37. The third kappa shape index (κ3) is 2.67. The summed E-state index contributed by atoms with van der Waals surface area (Å²) in [6.45, 7) is 8.33. The summed E-state index contributed by atoms with van der Waals surface area (Å²) in [6, 6.07) is 0.667. The Morgan fingerprint density at radius 3 is 2.64 bits per heavy atom. The lowest BCUT2D eigenvalue weighted by Crippen LogP contribution is -2.53. The summed E-state index contributed by atoms with van der Waals surface area (Å²) in [5, 5.41) is 3.59. The second-order valence-corrected chi connectivity index (χ2v) is 4.71. The predicted octanol–water partition coefficient (Wildman–Crippen LogP) is -0.905. The third-order valence-corrected chi connectivity index (χ3v) is 3.18. The van der Waals surface area contributed by atoms with Crippen molar-refractivity contribution in [1.82, 2.24) is 20.0 Å². The van der Waals surface area contributed by atoms with Gasteiger partial charge in [0.25, 0.3) is 0 Å². The minimum absolute atomic E-state index is 0.667. The van der Waals surface area contributed by atoms with Crippen molar-refractivity contribution < 1.29 is 0 Å². The zero-order valence-corrected chi connectivity index (χ0v) is 9.37. The molecule has 0 aromatic heterocycles. The predicted molar refractivity (Wildman–Crippen MR) is 58.4 cm³/mol. The van der Waals surface area contributed by atoms with Gasteiger partial charge in [0, 0.05) is 45.3 Å². The first kappa shape index (κ1) is 10.4. The SMILES string of the molecule is CN1CCNC(CN2CCN(C)C2)C1. The Morgan fingerprint density at radius 1 is 1.14 bits per heavy atom. The van der Waals surface area contributed by atoms with Crippen LogP contribution in [0, 0.1) is 0 Å². The summed E-state index contributed by atoms with van der Waals surface area (Å²) in [5.74, 6) is 0. The highest BCUT2D eigenvalue weighted by Gasteiger charge is 2.22. The molecule has 14 heavy (non-hydrogen) atoms. The summed E-state index contributed by atoms with van der Waals surface area (Å²) in [6.07, 6.45) is 0. The molecule has 1 N–H and O–H groups in total. The molecular weight excluding hydrogens is 176 g/mol. The van der Waals surface area contributed by atoms with Crippen LogP contribution in [0.1, 0.15) is 0 Å². The van der Waals surface area contributed by atoms with Gasteiger partial charge in [0.1, 0.15) is 0 Å². The normalized spacial score (nSPS) is 32.6. The van der Waals surface area contributed by atoms with Gasteiger partial charge >= 0.3 is 0 Å². The zero-order chi connectivity index (χ0) is 9.97. The van der Waals surface area contributed by atoms with Gasteiger partial charge in [-0.25, -0.2) is 0 Å². The van der Waals surface area contributed by atoms with Gasteiger partial charge in [0.05, 0.1) is 6.67 Å². The maximum Gasteiger partial charge on any atom is 0.0505 e. The summed E-state index contributed by atoms with van der Waals surface area (Å²) < 4.78 is 0. The van der Waals surface area contributed by atoms with E-state index in [0.29, 0.717) is 6.04 Å². The molecule has 0 radical (unpaired) electrons. The first-order valence-electron chi connectivity index (χ1n) is 5.57. The van der Waals surface area contributed by atoms with Crippen molar-refractivity contribution in [3.63, 3.8) is 0 Å². The number of nitrogens with zero attached hydrogens (tertiary/aromatic N) is 3. The van der Waals surface area contributed by atoms with Gasteiger partial charge < -0.3 is 10.2 Å². The van der Waals surface area contributed by atoms with Crippen LogP contribution in [0.3, 0.4) is 0 Å². The molecular formula is C10H22N4. The van der Waals surface area contributed by atoms with E-state index < -0.39 is 0 Å². The molecule has 4 heteroatoms. The highest BCUT2D eigenvalue weighted by Crippen LogP contribution is 2.05. The summed E-state index contributed by atoms with van der Waals surface area (Å²) in [7, 11) is 4.41. The molecule has 2 aliphatic heterocycles. The van der Waals surface area contributed by atoms with Crippen LogP contribution in [0.4, 0.5) is 0 Å². The van der Waals surface area contributed by atoms with Gasteiger partial charge in [0.15, 0.2) is 0 Å². The minimum Gasteiger partial charge on any atom is -0.310 e. The van der Waals surface area contributed by atoms with Crippen LogP contribution in [0.2, 0.25) is 0 Å². The van der Waals surface area contributed by atoms with Crippen LogP contribution in [-0.4, -0.2) is 80.8 Å². The lowest BCUT2D eigenvalue weighted by atomic mass is 10.2. The van der Waals surface area contributed by atoms with E-state index in [2.05, 4.69) is 34.1 Å². The molecule has 0 aromatic rings. The van der Waals surface area contributed by atoms with Gasteiger partial charge in [0.2, 0.25) is 0 Å². The molecule has 0 amide bonds. The molecule has 0 spiro atoms. The molecule has 0 aliphatic carbocycles. The van der Waals surface area contributed by atoms with Crippen LogP contribution in [0.5, 0.6) is 0 Å². The van der Waals surface area contributed by atoms with Gasteiger partial charge in [-0.2, -0.15) is 0 Å². The van der Waals surface area contributed by atoms with Crippen molar-refractivity contribution in [2.75, 3.05) is 60.0 Å². The average Bonchev–Trinajstić information content (AvgIpc) is 2.51. The van der Waals surface area contributed by atoms with Crippen molar-refractivity contribution in [2.24, 2.45) is 0 Å². The molecule has 0 saturated carbocycles. The van der Waals surface area contributed by atoms with Crippen molar-refractivity contribution >= 4 is 0 Å². The Balaban J connectivity index is 1.74. The van der Waals surface area contributed by atoms with Crippen molar-refractivity contribution in [3.05, 3.63) is 0 Å². The van der Waals surface area contributed by atoms with Crippen molar-refractivity contribution in [1.29, 1.82) is 0 Å². The van der Waals surface area contributed by atoms with Gasteiger partial charge in [-0.05, 0) is 14.1 Å². The van der Waals surface area contributed by atoms with Gasteiger partial charge in [-0.3, -0.25) is 9.80 Å². The van der Waals surface area contributed by atoms with E-state index >= 15 is 0 Å².